The SMILES string of the molecule is CCCc1ccc(Oc2nc(Cl)nnc2Cl)cc1. The van der Waals surface area contributed by atoms with Crippen LogP contribution in [0.2, 0.25) is 10.4 Å². The van der Waals surface area contributed by atoms with Gasteiger partial charge in [-0.3, -0.25) is 0 Å². The molecule has 0 N–H and O–H groups in total. The van der Waals surface area contributed by atoms with Crippen molar-refractivity contribution in [1.29, 1.82) is 0 Å². The van der Waals surface area contributed by atoms with Crippen LogP contribution >= 0.6 is 23.2 Å². The minimum atomic E-state index is -0.00277. The maximum atomic E-state index is 5.81. The Balaban J connectivity index is 2.15. The fraction of sp³-hybridized carbons (Fsp3) is 0.250. The van der Waals surface area contributed by atoms with Gasteiger partial charge in [-0.15, -0.1) is 10.2 Å². The molecular formula is C12H11Cl2N3O. The lowest BCUT2D eigenvalue weighted by Gasteiger charge is -2.06. The standard InChI is InChI=1S/C12H11Cl2N3O/c1-2-3-8-4-6-9(7-5-8)18-11-10(13)16-17-12(14)15-11/h4-7H,2-3H2,1H3. The molecule has 0 aliphatic heterocycles. The van der Waals surface area contributed by atoms with E-state index in [0.717, 1.165) is 12.8 Å². The van der Waals surface area contributed by atoms with Crippen LogP contribution in [0, 0.1) is 0 Å². The molecule has 6 heteroatoms. The number of halogens is 2. The fourth-order valence-corrected chi connectivity index (χ4v) is 1.70. The van der Waals surface area contributed by atoms with E-state index < -0.39 is 0 Å². The quantitative estimate of drug-likeness (QED) is 0.853. The van der Waals surface area contributed by atoms with E-state index in [1.807, 2.05) is 24.3 Å². The summed E-state index contributed by atoms with van der Waals surface area (Å²) in [5, 5.41) is 7.21. The highest BCUT2D eigenvalue weighted by Crippen LogP contribution is 2.26. The van der Waals surface area contributed by atoms with Crippen molar-refractivity contribution in [2.24, 2.45) is 0 Å². The van der Waals surface area contributed by atoms with Crippen molar-refractivity contribution in [3.8, 4) is 11.6 Å². The molecule has 2 aromatic rings. The first kappa shape index (κ1) is 13.1. The topological polar surface area (TPSA) is 47.9 Å². The number of hydrogen-bond acceptors (Lipinski definition) is 4. The first-order valence-electron chi connectivity index (χ1n) is 5.51. The highest BCUT2D eigenvalue weighted by Gasteiger charge is 2.08. The molecule has 4 nitrogen and oxygen atoms in total. The Morgan fingerprint density at radius 2 is 1.83 bits per heavy atom. The number of aromatic nitrogens is 3. The van der Waals surface area contributed by atoms with E-state index in [-0.39, 0.29) is 16.3 Å². The van der Waals surface area contributed by atoms with Gasteiger partial charge in [0, 0.05) is 0 Å². The summed E-state index contributed by atoms with van der Waals surface area (Å²) in [6, 6.07) is 7.72. The summed E-state index contributed by atoms with van der Waals surface area (Å²) in [6.07, 6.45) is 2.15. The summed E-state index contributed by atoms with van der Waals surface area (Å²) in [4.78, 5) is 3.86. The monoisotopic (exact) mass is 283 g/mol. The summed E-state index contributed by atoms with van der Waals surface area (Å²) in [7, 11) is 0. The normalized spacial score (nSPS) is 10.4. The molecule has 1 heterocycles. The third-order valence-electron chi connectivity index (χ3n) is 2.27. The largest absolute Gasteiger partial charge is 0.436 e. The molecule has 1 aromatic heterocycles. The first-order chi connectivity index (χ1) is 8.69. The molecule has 0 atom stereocenters. The Bertz CT molecular complexity index is 531. The summed E-state index contributed by atoms with van der Waals surface area (Å²) in [6.45, 7) is 2.14. The number of hydrogen-bond donors (Lipinski definition) is 0. The average Bonchev–Trinajstić information content (AvgIpc) is 2.37. The number of aryl methyl sites for hydroxylation is 1. The third kappa shape index (κ3) is 3.31. The Morgan fingerprint density at radius 3 is 2.50 bits per heavy atom. The maximum Gasteiger partial charge on any atom is 0.262 e. The molecule has 0 spiro atoms. The predicted octanol–water partition coefficient (Wildman–Crippen LogP) is 3.92. The molecule has 0 saturated carbocycles. The third-order valence-corrected chi connectivity index (χ3v) is 2.66. The van der Waals surface area contributed by atoms with E-state index in [1.165, 1.54) is 5.56 Å². The Kier molecular flexibility index (Phi) is 4.33. The van der Waals surface area contributed by atoms with Crippen LogP contribution in [0.25, 0.3) is 0 Å². The maximum absolute atomic E-state index is 5.81. The molecule has 2 rings (SSSR count). The van der Waals surface area contributed by atoms with Crippen molar-refractivity contribution in [1.82, 2.24) is 15.2 Å². The van der Waals surface area contributed by atoms with Crippen LogP contribution in [0.15, 0.2) is 24.3 Å². The molecule has 0 aliphatic carbocycles. The van der Waals surface area contributed by atoms with Crippen LogP contribution in [-0.2, 0) is 6.42 Å². The first-order valence-corrected chi connectivity index (χ1v) is 6.27. The molecule has 0 unspecified atom stereocenters. The van der Waals surface area contributed by atoms with E-state index in [4.69, 9.17) is 27.9 Å². The van der Waals surface area contributed by atoms with Crippen LogP contribution < -0.4 is 4.74 Å². The molecular weight excluding hydrogens is 273 g/mol. The van der Waals surface area contributed by atoms with E-state index in [9.17, 15) is 0 Å². The van der Waals surface area contributed by atoms with Gasteiger partial charge in [0.15, 0.2) is 0 Å². The molecule has 0 amide bonds. The summed E-state index contributed by atoms with van der Waals surface area (Å²) in [5.74, 6) is 0.785. The Labute approximate surface area is 115 Å². The minimum absolute atomic E-state index is 0.00277. The van der Waals surface area contributed by atoms with Crippen molar-refractivity contribution in [3.05, 3.63) is 40.3 Å². The molecule has 0 fully saturated rings. The minimum Gasteiger partial charge on any atom is -0.436 e. The smallest absolute Gasteiger partial charge is 0.262 e. The number of nitrogens with zero attached hydrogens (tertiary/aromatic N) is 3. The van der Waals surface area contributed by atoms with Gasteiger partial charge in [-0.1, -0.05) is 37.1 Å². The lowest BCUT2D eigenvalue weighted by molar-refractivity contribution is 0.457. The van der Waals surface area contributed by atoms with Crippen molar-refractivity contribution < 1.29 is 4.74 Å². The lowest BCUT2D eigenvalue weighted by Crippen LogP contribution is -1.95. The second-order valence-corrected chi connectivity index (χ2v) is 4.37. The van der Waals surface area contributed by atoms with Crippen LogP contribution in [0.5, 0.6) is 11.6 Å². The zero-order valence-corrected chi connectivity index (χ0v) is 11.2. The molecule has 0 aliphatic rings. The highest BCUT2D eigenvalue weighted by molar-refractivity contribution is 6.31. The molecule has 18 heavy (non-hydrogen) atoms. The van der Waals surface area contributed by atoms with Crippen LogP contribution in [-0.4, -0.2) is 15.2 Å². The molecule has 0 saturated heterocycles. The van der Waals surface area contributed by atoms with Crippen molar-refractivity contribution >= 4 is 23.2 Å². The number of ether oxygens (including phenoxy) is 1. The molecule has 0 radical (unpaired) electrons. The molecule has 0 bridgehead atoms. The van der Waals surface area contributed by atoms with E-state index >= 15 is 0 Å². The van der Waals surface area contributed by atoms with E-state index in [2.05, 4.69) is 22.1 Å². The zero-order valence-electron chi connectivity index (χ0n) is 9.73. The van der Waals surface area contributed by atoms with Gasteiger partial charge in [-0.25, -0.2) is 0 Å². The summed E-state index contributed by atoms with van der Waals surface area (Å²) >= 11 is 11.4. The average molecular weight is 284 g/mol. The number of benzene rings is 1. The lowest BCUT2D eigenvalue weighted by atomic mass is 10.1. The van der Waals surface area contributed by atoms with Crippen molar-refractivity contribution in [2.45, 2.75) is 19.8 Å². The van der Waals surface area contributed by atoms with Gasteiger partial charge in [0.2, 0.25) is 10.4 Å². The van der Waals surface area contributed by atoms with Crippen molar-refractivity contribution in [3.63, 3.8) is 0 Å². The fourth-order valence-electron chi connectivity index (χ4n) is 1.47. The van der Waals surface area contributed by atoms with Gasteiger partial charge in [0.25, 0.3) is 5.88 Å². The second kappa shape index (κ2) is 5.98. The summed E-state index contributed by atoms with van der Waals surface area (Å²) in [5.41, 5.74) is 1.26. The predicted molar refractivity (Wildman–Crippen MR) is 70.4 cm³/mol. The van der Waals surface area contributed by atoms with E-state index in [1.54, 1.807) is 0 Å². The van der Waals surface area contributed by atoms with Crippen LogP contribution in [0.4, 0.5) is 0 Å². The Morgan fingerprint density at radius 1 is 1.11 bits per heavy atom. The van der Waals surface area contributed by atoms with Gasteiger partial charge < -0.3 is 4.74 Å². The van der Waals surface area contributed by atoms with Crippen molar-refractivity contribution in [2.75, 3.05) is 0 Å². The Hall–Kier alpha value is -1.39. The van der Waals surface area contributed by atoms with Gasteiger partial charge >= 0.3 is 0 Å². The molecule has 1 aromatic carbocycles. The van der Waals surface area contributed by atoms with Gasteiger partial charge in [0.05, 0.1) is 0 Å². The van der Waals surface area contributed by atoms with Crippen LogP contribution in [0.3, 0.4) is 0 Å². The molecule has 94 valence electrons. The second-order valence-electron chi connectivity index (χ2n) is 3.67. The van der Waals surface area contributed by atoms with Gasteiger partial charge in [0.1, 0.15) is 5.75 Å². The van der Waals surface area contributed by atoms with Gasteiger partial charge in [-0.05, 0) is 35.7 Å². The highest BCUT2D eigenvalue weighted by atomic mass is 35.5. The number of rotatable bonds is 4. The van der Waals surface area contributed by atoms with Gasteiger partial charge in [-0.2, -0.15) is 4.98 Å². The zero-order chi connectivity index (χ0) is 13.0. The van der Waals surface area contributed by atoms with Crippen LogP contribution in [0.1, 0.15) is 18.9 Å². The summed E-state index contributed by atoms with van der Waals surface area (Å²) < 4.78 is 5.49. The van der Waals surface area contributed by atoms with E-state index in [0.29, 0.717) is 5.75 Å².